The smallest absolute Gasteiger partial charge is 0.319 e. The number of terminal acetylenes is 1. The number of halogens is 4. The number of ether oxygens (including phenoxy) is 2. The molecule has 2 aromatic heterocycles. The number of hydrogen-bond acceptors (Lipinski definition) is 7. The maximum Gasteiger partial charge on any atom is 0.319 e. The molecule has 1 spiro atoms. The zero-order chi connectivity index (χ0) is 32.2. The summed E-state index contributed by atoms with van der Waals surface area (Å²) in [6.45, 7) is 1.72. The first-order valence-corrected chi connectivity index (χ1v) is 16.0. The second kappa shape index (κ2) is 9.87. The van der Waals surface area contributed by atoms with E-state index in [-0.39, 0.29) is 65.7 Å². The van der Waals surface area contributed by atoms with E-state index in [1.807, 2.05) is 0 Å². The molecule has 5 fully saturated rings. The zero-order valence-electron chi connectivity index (χ0n) is 25.5. The Bertz CT molecular complexity index is 2040. The third-order valence-corrected chi connectivity index (χ3v) is 11.6. The third kappa shape index (κ3) is 3.80. The Morgan fingerprint density at radius 3 is 2.79 bits per heavy atom. The van der Waals surface area contributed by atoms with Gasteiger partial charge in [0.25, 0.3) is 5.92 Å². The van der Waals surface area contributed by atoms with Crippen molar-refractivity contribution in [2.24, 2.45) is 5.41 Å². The van der Waals surface area contributed by atoms with Crippen LogP contribution in [-0.2, 0) is 10.2 Å². The van der Waals surface area contributed by atoms with Gasteiger partial charge >= 0.3 is 6.01 Å². The summed E-state index contributed by atoms with van der Waals surface area (Å²) in [5.41, 5.74) is -0.648. The number of pyridine rings is 1. The largest absolute Gasteiger partial charge is 0.461 e. The summed E-state index contributed by atoms with van der Waals surface area (Å²) in [5.74, 6) is -1.27. The molecule has 0 amide bonds. The lowest BCUT2D eigenvalue weighted by Gasteiger charge is -2.36. The molecule has 2 saturated carbocycles. The Hall–Kier alpha value is -4.27. The van der Waals surface area contributed by atoms with Crippen molar-refractivity contribution in [3.63, 3.8) is 0 Å². The van der Waals surface area contributed by atoms with Gasteiger partial charge in [0.2, 0.25) is 0 Å². The molecule has 9 rings (SSSR count). The highest BCUT2D eigenvalue weighted by Crippen LogP contribution is 2.67. The van der Waals surface area contributed by atoms with Crippen LogP contribution >= 0.6 is 0 Å². The van der Waals surface area contributed by atoms with Gasteiger partial charge in [-0.2, -0.15) is 9.97 Å². The van der Waals surface area contributed by atoms with Gasteiger partial charge in [-0.1, -0.05) is 30.2 Å². The molecular weight excluding hydrogens is 610 g/mol. The first-order valence-electron chi connectivity index (χ1n) is 16.0. The summed E-state index contributed by atoms with van der Waals surface area (Å²) in [6.07, 6.45) is 13.3. The van der Waals surface area contributed by atoms with Gasteiger partial charge in [0.15, 0.2) is 0 Å². The molecule has 0 radical (unpaired) electrons. The van der Waals surface area contributed by atoms with Crippen molar-refractivity contribution < 1.29 is 27.0 Å². The van der Waals surface area contributed by atoms with Gasteiger partial charge in [-0.3, -0.25) is 9.88 Å². The molecule has 11 heteroatoms. The lowest BCUT2D eigenvalue weighted by molar-refractivity contribution is 0.0357. The average molecular weight is 642 g/mol. The van der Waals surface area contributed by atoms with E-state index < -0.39 is 23.2 Å². The molecule has 3 atom stereocenters. The zero-order valence-corrected chi connectivity index (χ0v) is 25.5. The van der Waals surface area contributed by atoms with Crippen LogP contribution in [0.2, 0.25) is 0 Å². The minimum atomic E-state index is -3.28. The summed E-state index contributed by atoms with van der Waals surface area (Å²) in [7, 11) is 0. The lowest BCUT2D eigenvalue weighted by atomic mass is 9.80. The highest BCUT2D eigenvalue weighted by molar-refractivity contribution is 5.94. The van der Waals surface area contributed by atoms with Gasteiger partial charge in [0.1, 0.15) is 29.7 Å². The molecule has 0 bridgehead atoms. The Balaban J connectivity index is 1.14. The molecule has 4 aromatic rings. The molecule has 3 unspecified atom stereocenters. The number of fused-ring (bicyclic) bond motifs is 5. The molecule has 5 aliphatic rings. The SMILES string of the molecule is C#Cc1c(F)ccc2cccc(C34COCCN(c5nc(OCC67C/C(=C/F)CN6CCC76CC6)nc6ccncc56)C3C4(F)F)c12. The number of rotatable bonds is 5. The number of aromatic nitrogens is 3. The summed E-state index contributed by atoms with van der Waals surface area (Å²) in [5, 5.41) is 1.35. The second-order valence-corrected chi connectivity index (χ2v) is 13.7. The fourth-order valence-corrected chi connectivity index (χ4v) is 9.07. The standard InChI is InChI=1S/C36H31F4N5O2/c1-2-24-27(38)7-6-23-4-3-5-26(29(23)24)35-21-46-15-14-45(31(35)36(35,39)40)30-25-18-41-12-8-28(25)42-32(43-30)47-20-34-16-22(17-37)19-44(34)13-11-33(34)9-10-33/h1,3-8,12,17-18,31H,9-11,13-16,19-21H2/b22-17-. The van der Waals surface area contributed by atoms with Crippen LogP contribution in [0.1, 0.15) is 36.8 Å². The Morgan fingerprint density at radius 1 is 1.11 bits per heavy atom. The van der Waals surface area contributed by atoms with Crippen LogP contribution in [0, 0.1) is 23.6 Å². The van der Waals surface area contributed by atoms with E-state index in [2.05, 4.69) is 20.8 Å². The third-order valence-electron chi connectivity index (χ3n) is 11.6. The van der Waals surface area contributed by atoms with Crippen LogP contribution in [-0.4, -0.2) is 76.8 Å². The van der Waals surface area contributed by atoms with E-state index in [1.165, 1.54) is 6.07 Å². The van der Waals surface area contributed by atoms with Crippen LogP contribution in [0.15, 0.2) is 60.7 Å². The average Bonchev–Trinajstić information content (AvgIpc) is 3.90. The molecule has 7 nitrogen and oxygen atoms in total. The van der Waals surface area contributed by atoms with Crippen LogP contribution in [0.5, 0.6) is 6.01 Å². The van der Waals surface area contributed by atoms with E-state index in [1.54, 1.807) is 47.6 Å². The van der Waals surface area contributed by atoms with Gasteiger partial charge in [0.05, 0.1) is 41.5 Å². The minimum Gasteiger partial charge on any atom is -0.461 e. The van der Waals surface area contributed by atoms with Crippen molar-refractivity contribution >= 4 is 27.5 Å². The molecule has 2 aliphatic carbocycles. The minimum absolute atomic E-state index is 0.0523. The molecule has 2 aromatic carbocycles. The summed E-state index contributed by atoms with van der Waals surface area (Å²) in [6, 6.07) is 8.23. The number of alkyl halides is 2. The van der Waals surface area contributed by atoms with E-state index in [4.69, 9.17) is 20.9 Å². The molecule has 5 heterocycles. The van der Waals surface area contributed by atoms with Crippen molar-refractivity contribution in [2.75, 3.05) is 44.4 Å². The number of hydrogen-bond donors (Lipinski definition) is 0. The van der Waals surface area contributed by atoms with Crippen LogP contribution in [0.3, 0.4) is 0 Å². The first kappa shape index (κ1) is 28.9. The Labute approximate surface area is 268 Å². The monoisotopic (exact) mass is 641 g/mol. The van der Waals surface area contributed by atoms with E-state index in [0.29, 0.717) is 35.6 Å². The summed E-state index contributed by atoms with van der Waals surface area (Å²) in [4.78, 5) is 17.6. The maximum absolute atomic E-state index is 16.6. The quantitative estimate of drug-likeness (QED) is 0.197. The van der Waals surface area contributed by atoms with Crippen LogP contribution in [0.25, 0.3) is 21.7 Å². The molecule has 47 heavy (non-hydrogen) atoms. The molecular formula is C36H31F4N5O2. The maximum atomic E-state index is 16.6. The van der Waals surface area contributed by atoms with Crippen molar-refractivity contribution in [3.05, 3.63) is 77.6 Å². The highest BCUT2D eigenvalue weighted by Gasteiger charge is 2.84. The fourth-order valence-electron chi connectivity index (χ4n) is 9.07. The van der Waals surface area contributed by atoms with Gasteiger partial charge in [-0.05, 0) is 66.3 Å². The molecule has 240 valence electrons. The van der Waals surface area contributed by atoms with Gasteiger partial charge < -0.3 is 14.4 Å². The van der Waals surface area contributed by atoms with Crippen molar-refractivity contribution in [1.29, 1.82) is 0 Å². The van der Waals surface area contributed by atoms with Gasteiger partial charge in [0, 0.05) is 30.9 Å². The second-order valence-electron chi connectivity index (χ2n) is 13.7. The topological polar surface area (TPSA) is 63.6 Å². The van der Waals surface area contributed by atoms with Crippen LogP contribution < -0.4 is 9.64 Å². The van der Waals surface area contributed by atoms with Gasteiger partial charge in [-0.15, -0.1) is 6.42 Å². The first-order chi connectivity index (χ1) is 22.8. The number of benzene rings is 2. The predicted octanol–water partition coefficient (Wildman–Crippen LogP) is 5.95. The molecule has 0 N–H and O–H groups in total. The van der Waals surface area contributed by atoms with E-state index in [0.717, 1.165) is 31.4 Å². The van der Waals surface area contributed by atoms with Crippen molar-refractivity contribution in [3.8, 4) is 18.4 Å². The molecule has 3 saturated heterocycles. The highest BCUT2D eigenvalue weighted by atomic mass is 19.3. The lowest BCUT2D eigenvalue weighted by Crippen LogP contribution is -2.49. The molecule has 3 aliphatic heterocycles. The summed E-state index contributed by atoms with van der Waals surface area (Å²) < 4.78 is 74.2. The Morgan fingerprint density at radius 2 is 1.98 bits per heavy atom. The number of nitrogens with zero attached hydrogens (tertiary/aromatic N) is 5. The van der Waals surface area contributed by atoms with Crippen LogP contribution in [0.4, 0.5) is 23.4 Å². The van der Waals surface area contributed by atoms with Crippen molar-refractivity contribution in [2.45, 2.75) is 48.6 Å². The van der Waals surface area contributed by atoms with E-state index in [9.17, 15) is 8.78 Å². The Kier molecular flexibility index (Phi) is 6.07. The summed E-state index contributed by atoms with van der Waals surface area (Å²) >= 11 is 0. The normalized spacial score (nSPS) is 29.6. The number of anilines is 1. The van der Waals surface area contributed by atoms with E-state index >= 15 is 8.78 Å². The van der Waals surface area contributed by atoms with Gasteiger partial charge in [-0.25, -0.2) is 17.6 Å². The van der Waals surface area contributed by atoms with Crippen molar-refractivity contribution in [1.82, 2.24) is 19.9 Å². The predicted molar refractivity (Wildman–Crippen MR) is 168 cm³/mol. The fraction of sp³-hybridized carbons (Fsp3) is 0.417.